The molecular formula is C12H14N2OS. The van der Waals surface area contributed by atoms with Gasteiger partial charge in [-0.1, -0.05) is 12.0 Å². The van der Waals surface area contributed by atoms with Crippen LogP contribution in [0.4, 0.5) is 5.69 Å². The van der Waals surface area contributed by atoms with Crippen LogP contribution in [0.15, 0.2) is 29.2 Å². The minimum Gasteiger partial charge on any atom is -0.325 e. The zero-order chi connectivity index (χ0) is 11.8. The third-order valence-electron chi connectivity index (χ3n) is 1.87. The smallest absolute Gasteiger partial charge is 0.238 e. The molecule has 16 heavy (non-hydrogen) atoms. The van der Waals surface area contributed by atoms with Crippen molar-refractivity contribution in [3.05, 3.63) is 24.3 Å². The van der Waals surface area contributed by atoms with Crippen molar-refractivity contribution in [1.29, 1.82) is 0 Å². The lowest BCUT2D eigenvalue weighted by Gasteiger charge is -2.06. The van der Waals surface area contributed by atoms with Crippen LogP contribution in [0.25, 0.3) is 0 Å². The highest BCUT2D eigenvalue weighted by Crippen LogP contribution is 2.18. The van der Waals surface area contributed by atoms with Crippen LogP contribution < -0.4 is 10.6 Å². The molecule has 4 heteroatoms. The molecule has 0 aliphatic carbocycles. The number of hydrogen-bond acceptors (Lipinski definition) is 3. The summed E-state index contributed by atoms with van der Waals surface area (Å²) in [4.78, 5) is 12.6. The Morgan fingerprint density at radius 2 is 2.38 bits per heavy atom. The quantitative estimate of drug-likeness (QED) is 0.461. The first-order valence-electron chi connectivity index (χ1n) is 4.84. The molecule has 0 heterocycles. The number of amides is 1. The summed E-state index contributed by atoms with van der Waals surface area (Å²) in [6.07, 6.45) is 7.05. The molecule has 0 spiro atoms. The van der Waals surface area contributed by atoms with Crippen LogP contribution in [0, 0.1) is 12.3 Å². The number of nitrogens with one attached hydrogen (secondary N) is 2. The second-order valence-electron chi connectivity index (χ2n) is 3.09. The van der Waals surface area contributed by atoms with E-state index >= 15 is 0 Å². The van der Waals surface area contributed by atoms with Gasteiger partial charge in [0.05, 0.1) is 13.1 Å². The van der Waals surface area contributed by atoms with Crippen LogP contribution in [0.5, 0.6) is 0 Å². The fraction of sp³-hybridized carbons (Fsp3) is 0.250. The minimum atomic E-state index is -0.0893. The van der Waals surface area contributed by atoms with Gasteiger partial charge in [0.25, 0.3) is 0 Å². The van der Waals surface area contributed by atoms with Crippen molar-refractivity contribution in [2.75, 3.05) is 24.7 Å². The number of terminal acetylenes is 1. The normalized spacial score (nSPS) is 9.50. The number of thioether (sulfide) groups is 1. The van der Waals surface area contributed by atoms with Gasteiger partial charge < -0.3 is 5.32 Å². The summed E-state index contributed by atoms with van der Waals surface area (Å²) in [6.45, 7) is 0.631. The number of hydrogen-bond donors (Lipinski definition) is 2. The second-order valence-corrected chi connectivity index (χ2v) is 3.97. The third kappa shape index (κ3) is 4.39. The Kier molecular flexibility index (Phi) is 5.48. The molecule has 1 amide bonds. The van der Waals surface area contributed by atoms with Gasteiger partial charge in [-0.05, 0) is 24.5 Å². The topological polar surface area (TPSA) is 41.1 Å². The minimum absolute atomic E-state index is 0.0893. The van der Waals surface area contributed by atoms with E-state index < -0.39 is 0 Å². The van der Waals surface area contributed by atoms with E-state index in [2.05, 4.69) is 16.6 Å². The summed E-state index contributed by atoms with van der Waals surface area (Å²) in [6, 6.07) is 7.70. The molecule has 3 nitrogen and oxygen atoms in total. The number of benzene rings is 1. The number of rotatable bonds is 5. The average molecular weight is 234 g/mol. The number of carbonyl (C=O) groups excluding carboxylic acids is 1. The van der Waals surface area contributed by atoms with E-state index in [0.29, 0.717) is 6.54 Å². The van der Waals surface area contributed by atoms with Crippen molar-refractivity contribution in [3.63, 3.8) is 0 Å². The fourth-order valence-corrected chi connectivity index (χ4v) is 1.61. The van der Waals surface area contributed by atoms with Gasteiger partial charge in [0.15, 0.2) is 0 Å². The molecule has 1 rings (SSSR count). The van der Waals surface area contributed by atoms with Gasteiger partial charge in [-0.2, -0.15) is 0 Å². The molecule has 0 saturated heterocycles. The molecule has 2 N–H and O–H groups in total. The van der Waals surface area contributed by atoms with Gasteiger partial charge in [0, 0.05) is 10.6 Å². The van der Waals surface area contributed by atoms with Gasteiger partial charge in [-0.3, -0.25) is 10.1 Å². The van der Waals surface area contributed by atoms with Crippen LogP contribution in [-0.2, 0) is 4.79 Å². The van der Waals surface area contributed by atoms with Crippen LogP contribution in [0.3, 0.4) is 0 Å². The Morgan fingerprint density at radius 1 is 1.56 bits per heavy atom. The van der Waals surface area contributed by atoms with E-state index in [1.54, 1.807) is 11.8 Å². The Morgan fingerprint density at radius 3 is 3.06 bits per heavy atom. The van der Waals surface area contributed by atoms with Crippen molar-refractivity contribution < 1.29 is 4.79 Å². The van der Waals surface area contributed by atoms with Gasteiger partial charge in [0.1, 0.15) is 0 Å². The van der Waals surface area contributed by atoms with E-state index in [1.165, 1.54) is 0 Å². The monoisotopic (exact) mass is 234 g/mol. The first kappa shape index (κ1) is 12.6. The molecule has 1 aromatic carbocycles. The third-order valence-corrected chi connectivity index (χ3v) is 2.59. The summed E-state index contributed by atoms with van der Waals surface area (Å²) in [7, 11) is 0. The van der Waals surface area contributed by atoms with E-state index in [0.717, 1.165) is 10.6 Å². The molecule has 0 bridgehead atoms. The van der Waals surface area contributed by atoms with Crippen molar-refractivity contribution in [2.24, 2.45) is 0 Å². The van der Waals surface area contributed by atoms with Crippen LogP contribution in [0.2, 0.25) is 0 Å². The first-order chi connectivity index (χ1) is 7.76. The zero-order valence-electron chi connectivity index (χ0n) is 9.12. The molecule has 0 aromatic heterocycles. The summed E-state index contributed by atoms with van der Waals surface area (Å²) in [5, 5.41) is 5.62. The van der Waals surface area contributed by atoms with Crippen molar-refractivity contribution >= 4 is 23.4 Å². The highest BCUT2D eigenvalue weighted by Gasteiger charge is 2.01. The maximum Gasteiger partial charge on any atom is 0.238 e. The van der Waals surface area contributed by atoms with Gasteiger partial charge in [-0.15, -0.1) is 18.2 Å². The summed E-state index contributed by atoms with van der Waals surface area (Å²) in [5.74, 6) is 2.32. The second kappa shape index (κ2) is 6.94. The van der Waals surface area contributed by atoms with Crippen molar-refractivity contribution in [2.45, 2.75) is 4.90 Å². The van der Waals surface area contributed by atoms with Crippen molar-refractivity contribution in [1.82, 2.24) is 5.32 Å². The highest BCUT2D eigenvalue weighted by molar-refractivity contribution is 7.98. The Balaban J connectivity index is 2.46. The average Bonchev–Trinajstić information content (AvgIpc) is 2.29. The van der Waals surface area contributed by atoms with Crippen LogP contribution in [-0.4, -0.2) is 25.3 Å². The maximum absolute atomic E-state index is 11.4. The molecule has 0 unspecified atom stereocenters. The fourth-order valence-electron chi connectivity index (χ4n) is 1.15. The lowest BCUT2D eigenvalue weighted by atomic mass is 10.3. The van der Waals surface area contributed by atoms with E-state index in [1.807, 2.05) is 30.5 Å². The summed E-state index contributed by atoms with van der Waals surface area (Å²) < 4.78 is 0. The van der Waals surface area contributed by atoms with Gasteiger partial charge in [-0.25, -0.2) is 0 Å². The highest BCUT2D eigenvalue weighted by atomic mass is 32.2. The Labute approximate surface area is 100 Å². The largest absolute Gasteiger partial charge is 0.325 e. The molecule has 0 fully saturated rings. The Hall–Kier alpha value is -1.44. The molecule has 84 valence electrons. The van der Waals surface area contributed by atoms with Gasteiger partial charge in [0.2, 0.25) is 5.91 Å². The van der Waals surface area contributed by atoms with Gasteiger partial charge >= 0.3 is 0 Å². The summed E-state index contributed by atoms with van der Waals surface area (Å²) in [5.41, 5.74) is 0.805. The number of anilines is 1. The van der Waals surface area contributed by atoms with Crippen LogP contribution >= 0.6 is 11.8 Å². The van der Waals surface area contributed by atoms with E-state index in [9.17, 15) is 4.79 Å². The number of carbonyl (C=O) groups is 1. The molecule has 0 radical (unpaired) electrons. The van der Waals surface area contributed by atoms with Crippen molar-refractivity contribution in [3.8, 4) is 12.3 Å². The lowest BCUT2D eigenvalue weighted by Crippen LogP contribution is -2.28. The summed E-state index contributed by atoms with van der Waals surface area (Å²) >= 11 is 1.64. The SMILES string of the molecule is C#CCNCC(=O)Nc1cccc(SC)c1. The Bertz CT molecular complexity index is 398. The molecule has 0 aliphatic heterocycles. The molecular weight excluding hydrogens is 220 g/mol. The lowest BCUT2D eigenvalue weighted by molar-refractivity contribution is -0.115. The zero-order valence-corrected chi connectivity index (χ0v) is 9.93. The predicted octanol–water partition coefficient (Wildman–Crippen LogP) is 1.57. The predicted molar refractivity (Wildman–Crippen MR) is 68.6 cm³/mol. The first-order valence-corrected chi connectivity index (χ1v) is 6.07. The van der Waals surface area contributed by atoms with E-state index in [4.69, 9.17) is 6.42 Å². The standard InChI is InChI=1S/C12H14N2OS/c1-3-7-13-9-12(15)14-10-5-4-6-11(8-10)16-2/h1,4-6,8,13H,7,9H2,2H3,(H,14,15). The molecule has 0 atom stereocenters. The molecule has 0 saturated carbocycles. The maximum atomic E-state index is 11.4. The van der Waals surface area contributed by atoms with E-state index in [-0.39, 0.29) is 12.5 Å². The molecule has 1 aromatic rings. The van der Waals surface area contributed by atoms with Crippen LogP contribution in [0.1, 0.15) is 0 Å². The molecule has 0 aliphatic rings.